The van der Waals surface area contributed by atoms with Gasteiger partial charge in [-0.05, 0) is 24.8 Å². The van der Waals surface area contributed by atoms with Gasteiger partial charge in [0.05, 0.1) is 20.6 Å². The van der Waals surface area contributed by atoms with Crippen molar-refractivity contribution in [2.24, 2.45) is 11.1 Å². The standard InChI is InChI=1S/C12H13Cl3N2O3S/c13-7-4-8(21(16,19)20)11(15)9(10(7)14)12(18)17-5-6-2-1-3-6/h4,6H,1-3,5H2,(H,17,18)(H2,16,19,20). The molecule has 0 aliphatic heterocycles. The Hall–Kier alpha value is -0.530. The smallest absolute Gasteiger partial charge is 0.254 e. The summed E-state index contributed by atoms with van der Waals surface area (Å²) < 4.78 is 22.9. The van der Waals surface area contributed by atoms with E-state index >= 15 is 0 Å². The summed E-state index contributed by atoms with van der Waals surface area (Å²) in [6.45, 7) is 0.489. The number of carbonyl (C=O) groups excluding carboxylic acids is 1. The van der Waals surface area contributed by atoms with Crippen molar-refractivity contribution in [2.45, 2.75) is 24.2 Å². The first-order valence-electron chi connectivity index (χ1n) is 6.20. The summed E-state index contributed by atoms with van der Waals surface area (Å²) in [4.78, 5) is 11.8. The predicted molar refractivity (Wildman–Crippen MR) is 82.5 cm³/mol. The summed E-state index contributed by atoms with van der Waals surface area (Å²) >= 11 is 17.8. The summed E-state index contributed by atoms with van der Waals surface area (Å²) in [5, 5.41) is 7.22. The summed E-state index contributed by atoms with van der Waals surface area (Å²) in [7, 11) is -4.11. The van der Waals surface area contributed by atoms with Gasteiger partial charge in [-0.3, -0.25) is 4.79 Å². The fraction of sp³-hybridized carbons (Fsp3) is 0.417. The maximum atomic E-state index is 12.2. The molecule has 0 heterocycles. The second-order valence-electron chi connectivity index (χ2n) is 4.91. The van der Waals surface area contributed by atoms with Crippen LogP contribution < -0.4 is 10.5 Å². The Morgan fingerprint density at radius 1 is 1.29 bits per heavy atom. The number of sulfonamides is 1. The van der Waals surface area contributed by atoms with Crippen LogP contribution >= 0.6 is 34.8 Å². The van der Waals surface area contributed by atoms with Gasteiger partial charge in [-0.1, -0.05) is 41.2 Å². The van der Waals surface area contributed by atoms with E-state index in [1.165, 1.54) is 0 Å². The molecule has 1 amide bonds. The molecule has 9 heteroatoms. The van der Waals surface area contributed by atoms with E-state index < -0.39 is 20.8 Å². The molecule has 1 saturated carbocycles. The number of hydrogen-bond donors (Lipinski definition) is 2. The molecule has 5 nitrogen and oxygen atoms in total. The van der Waals surface area contributed by atoms with Gasteiger partial charge in [-0.2, -0.15) is 0 Å². The molecule has 3 N–H and O–H groups in total. The van der Waals surface area contributed by atoms with Crippen LogP contribution in [0.2, 0.25) is 15.1 Å². The third-order valence-electron chi connectivity index (χ3n) is 3.43. The quantitative estimate of drug-likeness (QED) is 0.798. The number of nitrogens with two attached hydrogens (primary N) is 1. The zero-order valence-electron chi connectivity index (χ0n) is 10.8. The van der Waals surface area contributed by atoms with Crippen LogP contribution in [0, 0.1) is 5.92 Å². The van der Waals surface area contributed by atoms with E-state index in [4.69, 9.17) is 39.9 Å². The Kier molecular flexibility index (Phi) is 5.05. The molecule has 2 rings (SSSR count). The molecule has 0 spiro atoms. The third-order valence-corrected chi connectivity index (χ3v) is 5.66. The van der Waals surface area contributed by atoms with Crippen LogP contribution in [0.15, 0.2) is 11.0 Å². The number of hydrogen-bond acceptors (Lipinski definition) is 3. The predicted octanol–water partition coefficient (Wildman–Crippen LogP) is 2.82. The molecular formula is C12H13Cl3N2O3S. The average Bonchev–Trinajstić information content (AvgIpc) is 2.30. The van der Waals surface area contributed by atoms with Crippen molar-refractivity contribution >= 4 is 50.7 Å². The minimum absolute atomic E-state index is 0.0971. The van der Waals surface area contributed by atoms with Crippen molar-refractivity contribution in [2.75, 3.05) is 6.54 Å². The van der Waals surface area contributed by atoms with Crippen LogP contribution in [0.5, 0.6) is 0 Å². The molecule has 0 unspecified atom stereocenters. The fourth-order valence-electron chi connectivity index (χ4n) is 2.01. The number of rotatable bonds is 4. The molecule has 116 valence electrons. The lowest BCUT2D eigenvalue weighted by molar-refractivity contribution is 0.0939. The highest BCUT2D eigenvalue weighted by molar-refractivity contribution is 7.89. The number of nitrogens with one attached hydrogen (secondary N) is 1. The Labute approximate surface area is 137 Å². The van der Waals surface area contributed by atoms with Crippen molar-refractivity contribution in [3.8, 4) is 0 Å². The number of benzene rings is 1. The largest absolute Gasteiger partial charge is 0.352 e. The van der Waals surface area contributed by atoms with Crippen LogP contribution in [0.25, 0.3) is 0 Å². The molecule has 21 heavy (non-hydrogen) atoms. The Balaban J connectivity index is 2.36. The van der Waals surface area contributed by atoms with Crippen LogP contribution in [0.1, 0.15) is 29.6 Å². The second kappa shape index (κ2) is 6.30. The van der Waals surface area contributed by atoms with Crippen LogP contribution in [0.3, 0.4) is 0 Å². The van der Waals surface area contributed by atoms with Crippen LogP contribution in [-0.2, 0) is 10.0 Å². The van der Waals surface area contributed by atoms with Gasteiger partial charge in [-0.25, -0.2) is 13.6 Å². The lowest BCUT2D eigenvalue weighted by Crippen LogP contribution is -2.32. The summed E-state index contributed by atoms with van der Waals surface area (Å²) in [6.07, 6.45) is 3.26. The van der Waals surface area contributed by atoms with Crippen LogP contribution in [0.4, 0.5) is 0 Å². The first-order valence-corrected chi connectivity index (χ1v) is 8.88. The van der Waals surface area contributed by atoms with E-state index in [-0.39, 0.29) is 20.6 Å². The van der Waals surface area contributed by atoms with E-state index in [9.17, 15) is 13.2 Å². The molecule has 1 aromatic rings. The summed E-state index contributed by atoms with van der Waals surface area (Å²) in [6, 6.07) is 1.03. The topological polar surface area (TPSA) is 89.3 Å². The molecule has 0 saturated heterocycles. The molecule has 1 aromatic carbocycles. The number of amides is 1. The molecule has 0 radical (unpaired) electrons. The maximum Gasteiger partial charge on any atom is 0.254 e. The fourth-order valence-corrected chi connectivity index (χ4v) is 3.75. The summed E-state index contributed by atoms with van der Waals surface area (Å²) in [5.41, 5.74) is -0.172. The molecule has 1 aliphatic carbocycles. The van der Waals surface area contributed by atoms with Crippen molar-refractivity contribution in [3.63, 3.8) is 0 Å². The van der Waals surface area contributed by atoms with Crippen molar-refractivity contribution < 1.29 is 13.2 Å². The minimum atomic E-state index is -4.11. The normalized spacial score (nSPS) is 15.6. The van der Waals surface area contributed by atoms with Gasteiger partial charge in [0.1, 0.15) is 4.90 Å². The van der Waals surface area contributed by atoms with Crippen molar-refractivity contribution in [3.05, 3.63) is 26.7 Å². The average molecular weight is 372 g/mol. The highest BCUT2D eigenvalue weighted by Crippen LogP contribution is 2.36. The van der Waals surface area contributed by atoms with Gasteiger partial charge < -0.3 is 5.32 Å². The second-order valence-corrected chi connectivity index (χ2v) is 7.60. The SMILES string of the molecule is NS(=O)(=O)c1cc(Cl)c(Cl)c(C(=O)NCC2CCC2)c1Cl. The van der Waals surface area contributed by atoms with Gasteiger partial charge in [0.15, 0.2) is 0 Å². The lowest BCUT2D eigenvalue weighted by atomic mass is 9.85. The van der Waals surface area contributed by atoms with Gasteiger partial charge in [-0.15, -0.1) is 0 Å². The van der Waals surface area contributed by atoms with Gasteiger partial charge in [0.2, 0.25) is 10.0 Å². The molecular weight excluding hydrogens is 359 g/mol. The van der Waals surface area contributed by atoms with E-state index in [0.29, 0.717) is 12.5 Å². The van der Waals surface area contributed by atoms with E-state index in [2.05, 4.69) is 5.32 Å². The Morgan fingerprint density at radius 2 is 1.90 bits per heavy atom. The lowest BCUT2D eigenvalue weighted by Gasteiger charge is -2.25. The van der Waals surface area contributed by atoms with E-state index in [0.717, 1.165) is 25.3 Å². The molecule has 0 aromatic heterocycles. The van der Waals surface area contributed by atoms with Crippen molar-refractivity contribution in [1.29, 1.82) is 0 Å². The highest BCUT2D eigenvalue weighted by Gasteiger charge is 2.26. The van der Waals surface area contributed by atoms with Gasteiger partial charge in [0, 0.05) is 6.54 Å². The Bertz CT molecular complexity index is 687. The number of carbonyl (C=O) groups is 1. The zero-order chi connectivity index (χ0) is 15.8. The number of halogens is 3. The van der Waals surface area contributed by atoms with Crippen LogP contribution in [-0.4, -0.2) is 20.9 Å². The number of primary sulfonamides is 1. The minimum Gasteiger partial charge on any atom is -0.352 e. The molecule has 0 atom stereocenters. The molecule has 1 aliphatic rings. The monoisotopic (exact) mass is 370 g/mol. The first-order chi connectivity index (χ1) is 9.71. The molecule has 1 fully saturated rings. The van der Waals surface area contributed by atoms with E-state index in [1.807, 2.05) is 0 Å². The third kappa shape index (κ3) is 3.63. The van der Waals surface area contributed by atoms with Gasteiger partial charge >= 0.3 is 0 Å². The summed E-state index contributed by atoms with van der Waals surface area (Å²) in [5.74, 6) is -0.132. The maximum absolute atomic E-state index is 12.2. The molecule has 0 bridgehead atoms. The highest BCUT2D eigenvalue weighted by atomic mass is 35.5. The zero-order valence-corrected chi connectivity index (χ0v) is 13.9. The van der Waals surface area contributed by atoms with Crippen molar-refractivity contribution in [1.82, 2.24) is 5.32 Å². The Morgan fingerprint density at radius 3 is 2.38 bits per heavy atom. The first kappa shape index (κ1) is 16.8. The van der Waals surface area contributed by atoms with E-state index in [1.54, 1.807) is 0 Å². The van der Waals surface area contributed by atoms with Gasteiger partial charge in [0.25, 0.3) is 5.91 Å².